The Kier molecular flexibility index (Phi) is 18.2. The molecule has 0 unspecified atom stereocenters. The van der Waals surface area contributed by atoms with Crippen molar-refractivity contribution in [3.8, 4) is 0 Å². The maximum atomic E-state index is 13.3. The summed E-state index contributed by atoms with van der Waals surface area (Å²) in [5.41, 5.74) is -0.576. The van der Waals surface area contributed by atoms with Gasteiger partial charge in [-0.25, -0.2) is 9.59 Å². The molecule has 318 valence electrons. The number of urea groups is 1. The Labute approximate surface area is 329 Å². The van der Waals surface area contributed by atoms with Crippen LogP contribution in [0.25, 0.3) is 0 Å². The summed E-state index contributed by atoms with van der Waals surface area (Å²) in [6.07, 6.45) is -6.62. The van der Waals surface area contributed by atoms with E-state index in [1.165, 1.54) is 12.5 Å². The molecule has 57 heavy (non-hydrogen) atoms. The van der Waals surface area contributed by atoms with Crippen molar-refractivity contribution < 1.29 is 66.9 Å². The molecule has 2 saturated heterocycles. The molecule has 0 aromatic heterocycles. The summed E-state index contributed by atoms with van der Waals surface area (Å²) in [6, 6.07) is 7.63. The molecule has 2 aliphatic rings. The van der Waals surface area contributed by atoms with Gasteiger partial charge in [0.2, 0.25) is 5.91 Å². The number of benzene rings is 2. The number of amides is 4. The highest BCUT2D eigenvalue weighted by molar-refractivity contribution is 5.89. The molecule has 9 atom stereocenters. The van der Waals surface area contributed by atoms with Crippen molar-refractivity contribution >= 4 is 23.7 Å². The highest BCUT2D eigenvalue weighted by Crippen LogP contribution is 2.31. The molecule has 0 aliphatic carbocycles. The van der Waals surface area contributed by atoms with Crippen molar-refractivity contribution in [2.45, 2.75) is 132 Å². The largest absolute Gasteiger partial charge is 0.445 e. The SMILES string of the molecule is CCCCCCCCCCC(=O)N[C@@H]1[C@H](O[C@@H]2O[C@H](CO)[C@@H](O)[C@H](O)[C@H]2NC(=O)Nc2cccc(C(F)(F)F)c2)[C@@H](NC(=O)OCc2ccccc2)CO[C@@H]1CO. The predicted molar refractivity (Wildman–Crippen MR) is 200 cm³/mol. The number of hydrogen-bond donors (Lipinski definition) is 8. The number of alkyl halides is 3. The van der Waals surface area contributed by atoms with Gasteiger partial charge in [-0.3, -0.25) is 4.79 Å². The second-order valence-corrected chi connectivity index (χ2v) is 14.2. The number of aliphatic hydroxyl groups excluding tert-OH is 4. The molecule has 18 heteroatoms. The first kappa shape index (κ1) is 45.7. The molecule has 0 bridgehead atoms. The van der Waals surface area contributed by atoms with Crippen molar-refractivity contribution in [1.29, 1.82) is 0 Å². The topological polar surface area (TPSA) is 217 Å². The van der Waals surface area contributed by atoms with Crippen LogP contribution in [0.3, 0.4) is 0 Å². The lowest BCUT2D eigenvalue weighted by molar-refractivity contribution is -0.293. The van der Waals surface area contributed by atoms with Crippen LogP contribution in [-0.4, -0.2) is 113 Å². The minimum absolute atomic E-state index is 0.0925. The Balaban J connectivity index is 1.55. The molecular weight excluding hydrogens is 757 g/mol. The summed E-state index contributed by atoms with van der Waals surface area (Å²) in [5, 5.41) is 52.3. The van der Waals surface area contributed by atoms with E-state index in [-0.39, 0.29) is 25.3 Å². The molecule has 2 aliphatic heterocycles. The Morgan fingerprint density at radius 3 is 2.18 bits per heavy atom. The van der Waals surface area contributed by atoms with Gasteiger partial charge in [-0.1, -0.05) is 88.3 Å². The van der Waals surface area contributed by atoms with Crippen LogP contribution in [0.15, 0.2) is 54.6 Å². The lowest BCUT2D eigenvalue weighted by Crippen LogP contribution is -2.70. The van der Waals surface area contributed by atoms with E-state index in [9.17, 15) is 48.0 Å². The molecule has 2 fully saturated rings. The van der Waals surface area contributed by atoms with Gasteiger partial charge in [0.1, 0.15) is 43.2 Å². The van der Waals surface area contributed by atoms with Gasteiger partial charge in [0, 0.05) is 12.1 Å². The van der Waals surface area contributed by atoms with Crippen molar-refractivity contribution in [2.24, 2.45) is 0 Å². The average Bonchev–Trinajstić information content (AvgIpc) is 3.19. The van der Waals surface area contributed by atoms with E-state index in [0.717, 1.165) is 50.7 Å². The van der Waals surface area contributed by atoms with Gasteiger partial charge in [-0.15, -0.1) is 0 Å². The van der Waals surface area contributed by atoms with Crippen LogP contribution in [0, 0.1) is 0 Å². The average molecular weight is 813 g/mol. The third-order valence-electron chi connectivity index (χ3n) is 9.84. The molecular formula is C39H55F3N4O11. The summed E-state index contributed by atoms with van der Waals surface area (Å²) < 4.78 is 63.4. The van der Waals surface area contributed by atoms with E-state index in [0.29, 0.717) is 18.1 Å². The third kappa shape index (κ3) is 14.1. The number of unbranched alkanes of at least 4 members (excludes halogenated alkanes) is 7. The number of halogens is 3. The number of aliphatic hydroxyl groups is 4. The second kappa shape index (κ2) is 22.8. The van der Waals surface area contributed by atoms with Crippen molar-refractivity contribution in [3.63, 3.8) is 0 Å². The molecule has 0 spiro atoms. The number of rotatable bonds is 19. The number of anilines is 1. The fourth-order valence-electron chi connectivity index (χ4n) is 6.72. The van der Waals surface area contributed by atoms with Gasteiger partial charge in [-0.05, 0) is 30.2 Å². The molecule has 15 nitrogen and oxygen atoms in total. The number of alkyl carbamates (subject to hydrolysis) is 1. The molecule has 0 radical (unpaired) electrons. The maximum Gasteiger partial charge on any atom is 0.416 e. The summed E-state index contributed by atoms with van der Waals surface area (Å²) in [5.74, 6) is -0.405. The van der Waals surface area contributed by atoms with Crippen LogP contribution in [0.4, 0.5) is 28.4 Å². The normalized spacial score (nSPS) is 26.3. The van der Waals surface area contributed by atoms with E-state index in [4.69, 9.17) is 18.9 Å². The first-order chi connectivity index (χ1) is 27.3. The Hall–Kier alpha value is -4.04. The van der Waals surface area contributed by atoms with Gasteiger partial charge in [0.05, 0.1) is 37.5 Å². The molecule has 0 saturated carbocycles. The summed E-state index contributed by atoms with van der Waals surface area (Å²) in [7, 11) is 0. The lowest BCUT2D eigenvalue weighted by Gasteiger charge is -2.47. The number of carbonyl (C=O) groups excluding carboxylic acids is 3. The van der Waals surface area contributed by atoms with Gasteiger partial charge in [0.25, 0.3) is 0 Å². The van der Waals surface area contributed by atoms with Crippen LogP contribution in [0.1, 0.15) is 75.8 Å². The van der Waals surface area contributed by atoms with Gasteiger partial charge >= 0.3 is 18.3 Å². The first-order valence-corrected chi connectivity index (χ1v) is 19.4. The Morgan fingerprint density at radius 1 is 0.825 bits per heavy atom. The lowest BCUT2D eigenvalue weighted by atomic mass is 9.93. The quantitative estimate of drug-likeness (QED) is 0.0957. The van der Waals surface area contributed by atoms with Crippen LogP contribution < -0.4 is 21.3 Å². The zero-order valence-corrected chi connectivity index (χ0v) is 31.9. The highest BCUT2D eigenvalue weighted by Gasteiger charge is 2.50. The molecule has 2 heterocycles. The standard InChI is InChI=1S/C39H55F3N4O11/c1-2-3-4-5-6-7-8-12-18-30(49)45-31-28(20-47)54-23-27(44-38(53)55-22-24-14-10-9-11-15-24)35(31)57-36-32(34(51)33(50)29(21-48)56-36)46-37(52)43-26-17-13-16-25(19-26)39(40,41)42/h9-11,13-17,19,27-29,31-36,47-48,50-51H,2-8,12,18,20-23H2,1H3,(H,44,53)(H,45,49)(H2,43,46,52)/t27-,28+,29+,31-,32+,33+,34+,35+,36-/m0/s1. The minimum Gasteiger partial charge on any atom is -0.445 e. The zero-order chi connectivity index (χ0) is 41.4. The first-order valence-electron chi connectivity index (χ1n) is 19.4. The van der Waals surface area contributed by atoms with Gasteiger partial charge < -0.3 is 60.6 Å². The van der Waals surface area contributed by atoms with Gasteiger partial charge in [0.15, 0.2) is 6.29 Å². The fraction of sp³-hybridized carbons (Fsp3) is 0.615. The van der Waals surface area contributed by atoms with Crippen LogP contribution in [0.2, 0.25) is 0 Å². The van der Waals surface area contributed by atoms with Crippen molar-refractivity contribution in [3.05, 3.63) is 65.7 Å². The van der Waals surface area contributed by atoms with E-state index in [1.807, 2.05) is 0 Å². The summed E-state index contributed by atoms with van der Waals surface area (Å²) in [6.45, 7) is 0.384. The number of nitrogens with one attached hydrogen (secondary N) is 4. The second-order valence-electron chi connectivity index (χ2n) is 14.2. The molecule has 2 aromatic carbocycles. The van der Waals surface area contributed by atoms with Crippen molar-refractivity contribution in [2.75, 3.05) is 25.1 Å². The van der Waals surface area contributed by atoms with Crippen LogP contribution >= 0.6 is 0 Å². The Bertz CT molecular complexity index is 1540. The smallest absolute Gasteiger partial charge is 0.416 e. The number of hydrogen-bond acceptors (Lipinski definition) is 11. The van der Waals surface area contributed by atoms with E-state index >= 15 is 0 Å². The van der Waals surface area contributed by atoms with E-state index in [1.54, 1.807) is 30.3 Å². The monoisotopic (exact) mass is 812 g/mol. The van der Waals surface area contributed by atoms with Gasteiger partial charge in [-0.2, -0.15) is 13.2 Å². The van der Waals surface area contributed by atoms with Crippen LogP contribution in [-0.2, 0) is 36.5 Å². The summed E-state index contributed by atoms with van der Waals surface area (Å²) in [4.78, 5) is 39.6. The maximum absolute atomic E-state index is 13.3. The minimum atomic E-state index is -4.70. The molecule has 4 rings (SSSR count). The zero-order valence-electron chi connectivity index (χ0n) is 31.9. The predicted octanol–water partition coefficient (Wildman–Crippen LogP) is 3.72. The molecule has 8 N–H and O–H groups in total. The van der Waals surface area contributed by atoms with Crippen LogP contribution in [0.5, 0.6) is 0 Å². The summed E-state index contributed by atoms with van der Waals surface area (Å²) >= 11 is 0. The fourth-order valence-corrected chi connectivity index (χ4v) is 6.72. The number of carbonyl (C=O) groups is 3. The van der Waals surface area contributed by atoms with Crippen molar-refractivity contribution in [1.82, 2.24) is 16.0 Å². The van der Waals surface area contributed by atoms with E-state index in [2.05, 4.69) is 28.2 Å². The molecule has 4 amide bonds. The highest BCUT2D eigenvalue weighted by atomic mass is 19.4. The third-order valence-corrected chi connectivity index (χ3v) is 9.84. The van der Waals surface area contributed by atoms with E-state index < -0.39 is 97.9 Å². The molecule has 2 aromatic rings. The number of ether oxygens (including phenoxy) is 4. The Morgan fingerprint density at radius 2 is 1.51 bits per heavy atom.